The third-order valence-electron chi connectivity index (χ3n) is 4.06. The fraction of sp³-hybridized carbons (Fsp3) is 0.600. The van der Waals surface area contributed by atoms with Crippen LogP contribution in [0.15, 0.2) is 30.3 Å². The molecule has 0 spiro atoms. The molecule has 17 heavy (non-hydrogen) atoms. The van der Waals surface area contributed by atoms with Crippen LogP contribution in [0.5, 0.6) is 0 Å². The van der Waals surface area contributed by atoms with Gasteiger partial charge in [-0.15, -0.1) is 12.4 Å². The molecule has 1 aromatic rings. The zero-order valence-corrected chi connectivity index (χ0v) is 11.8. The van der Waals surface area contributed by atoms with E-state index >= 15 is 0 Å². The molecule has 0 aliphatic carbocycles. The SMILES string of the molecule is CCCC1(c2ccccc2)CCN(C)CC1.Cl. The number of halogens is 1. The number of benzene rings is 1. The van der Waals surface area contributed by atoms with Gasteiger partial charge in [0.1, 0.15) is 0 Å². The summed E-state index contributed by atoms with van der Waals surface area (Å²) in [7, 11) is 2.24. The molecule has 0 unspecified atom stereocenters. The summed E-state index contributed by atoms with van der Waals surface area (Å²) in [5.41, 5.74) is 2.02. The lowest BCUT2D eigenvalue weighted by Gasteiger charge is -2.41. The summed E-state index contributed by atoms with van der Waals surface area (Å²) in [6.45, 7) is 4.80. The Hall–Kier alpha value is -0.530. The van der Waals surface area contributed by atoms with Gasteiger partial charge in [0, 0.05) is 0 Å². The minimum atomic E-state index is 0. The molecule has 0 aromatic heterocycles. The molecule has 1 aliphatic heterocycles. The van der Waals surface area contributed by atoms with Gasteiger partial charge in [0.2, 0.25) is 0 Å². The topological polar surface area (TPSA) is 3.24 Å². The van der Waals surface area contributed by atoms with Crippen LogP contribution in [0.3, 0.4) is 0 Å². The minimum Gasteiger partial charge on any atom is -0.306 e. The summed E-state index contributed by atoms with van der Waals surface area (Å²) >= 11 is 0. The third-order valence-corrected chi connectivity index (χ3v) is 4.06. The van der Waals surface area contributed by atoms with Crippen molar-refractivity contribution in [2.24, 2.45) is 0 Å². The van der Waals surface area contributed by atoms with Crippen LogP contribution in [0, 0.1) is 0 Å². The van der Waals surface area contributed by atoms with Crippen molar-refractivity contribution in [1.29, 1.82) is 0 Å². The van der Waals surface area contributed by atoms with Gasteiger partial charge in [-0.3, -0.25) is 0 Å². The van der Waals surface area contributed by atoms with E-state index in [9.17, 15) is 0 Å². The molecule has 0 saturated carbocycles. The minimum absolute atomic E-state index is 0. The number of likely N-dealkylation sites (tertiary alicyclic amines) is 1. The lowest BCUT2D eigenvalue weighted by atomic mass is 9.70. The van der Waals surface area contributed by atoms with Crippen molar-refractivity contribution in [3.05, 3.63) is 35.9 Å². The maximum atomic E-state index is 2.46. The van der Waals surface area contributed by atoms with Gasteiger partial charge in [0.05, 0.1) is 0 Å². The van der Waals surface area contributed by atoms with Gasteiger partial charge in [0.15, 0.2) is 0 Å². The van der Waals surface area contributed by atoms with E-state index in [1.54, 1.807) is 5.56 Å². The van der Waals surface area contributed by atoms with E-state index in [0.717, 1.165) is 0 Å². The first kappa shape index (κ1) is 14.5. The normalized spacial score (nSPS) is 19.6. The lowest BCUT2D eigenvalue weighted by molar-refractivity contribution is 0.177. The van der Waals surface area contributed by atoms with Gasteiger partial charge in [0.25, 0.3) is 0 Å². The van der Waals surface area contributed by atoms with Crippen LogP contribution in [0.25, 0.3) is 0 Å². The van der Waals surface area contributed by atoms with Crippen molar-refractivity contribution < 1.29 is 0 Å². The van der Waals surface area contributed by atoms with E-state index in [-0.39, 0.29) is 12.4 Å². The number of hydrogen-bond acceptors (Lipinski definition) is 1. The lowest BCUT2D eigenvalue weighted by Crippen LogP contribution is -2.40. The van der Waals surface area contributed by atoms with Gasteiger partial charge in [-0.2, -0.15) is 0 Å². The Labute approximate surface area is 112 Å². The van der Waals surface area contributed by atoms with Crippen LogP contribution in [0.1, 0.15) is 38.2 Å². The van der Waals surface area contributed by atoms with Crippen LogP contribution in [-0.4, -0.2) is 25.0 Å². The molecule has 0 N–H and O–H groups in total. The molecular formula is C15H24ClN. The van der Waals surface area contributed by atoms with E-state index in [1.165, 1.54) is 38.8 Å². The quantitative estimate of drug-likeness (QED) is 0.791. The summed E-state index contributed by atoms with van der Waals surface area (Å²) in [6.07, 6.45) is 5.27. The Morgan fingerprint density at radius 1 is 1.12 bits per heavy atom. The monoisotopic (exact) mass is 253 g/mol. The van der Waals surface area contributed by atoms with E-state index in [2.05, 4.69) is 49.2 Å². The largest absolute Gasteiger partial charge is 0.306 e. The molecule has 2 rings (SSSR count). The average molecular weight is 254 g/mol. The second-order valence-electron chi connectivity index (χ2n) is 5.20. The fourth-order valence-electron chi connectivity index (χ4n) is 3.00. The first-order valence-corrected chi connectivity index (χ1v) is 6.51. The summed E-state index contributed by atoms with van der Waals surface area (Å²) < 4.78 is 0. The highest BCUT2D eigenvalue weighted by Crippen LogP contribution is 2.39. The Morgan fingerprint density at radius 3 is 2.24 bits per heavy atom. The third kappa shape index (κ3) is 3.23. The maximum absolute atomic E-state index is 2.46. The number of piperidine rings is 1. The number of rotatable bonds is 3. The second kappa shape index (κ2) is 6.42. The van der Waals surface area contributed by atoms with E-state index in [1.807, 2.05) is 0 Å². The Kier molecular flexibility index (Phi) is 5.48. The zero-order chi connectivity index (χ0) is 11.4. The van der Waals surface area contributed by atoms with Gasteiger partial charge < -0.3 is 4.90 Å². The molecule has 1 aliphatic rings. The molecule has 2 heteroatoms. The van der Waals surface area contributed by atoms with Crippen LogP contribution < -0.4 is 0 Å². The first-order chi connectivity index (χ1) is 7.77. The molecule has 1 aromatic carbocycles. The van der Waals surface area contributed by atoms with E-state index in [0.29, 0.717) is 5.41 Å². The molecule has 1 heterocycles. The summed E-state index contributed by atoms with van der Waals surface area (Å²) in [5, 5.41) is 0. The molecule has 1 nitrogen and oxygen atoms in total. The molecule has 0 bridgehead atoms. The van der Waals surface area contributed by atoms with Crippen LogP contribution in [-0.2, 0) is 5.41 Å². The zero-order valence-electron chi connectivity index (χ0n) is 11.0. The highest BCUT2D eigenvalue weighted by atomic mass is 35.5. The predicted molar refractivity (Wildman–Crippen MR) is 77.0 cm³/mol. The molecule has 0 amide bonds. The fourth-order valence-corrected chi connectivity index (χ4v) is 3.00. The molecule has 0 atom stereocenters. The highest BCUT2D eigenvalue weighted by molar-refractivity contribution is 5.85. The maximum Gasteiger partial charge on any atom is -0.00133 e. The smallest absolute Gasteiger partial charge is 0.00133 e. The molecule has 1 fully saturated rings. The van der Waals surface area contributed by atoms with Crippen LogP contribution in [0.2, 0.25) is 0 Å². The van der Waals surface area contributed by atoms with Crippen molar-refractivity contribution >= 4 is 12.4 Å². The van der Waals surface area contributed by atoms with Crippen molar-refractivity contribution in [3.63, 3.8) is 0 Å². The van der Waals surface area contributed by atoms with Crippen molar-refractivity contribution in [1.82, 2.24) is 4.90 Å². The molecule has 0 radical (unpaired) electrons. The molecule has 96 valence electrons. The number of hydrogen-bond donors (Lipinski definition) is 0. The van der Waals surface area contributed by atoms with Gasteiger partial charge in [-0.25, -0.2) is 0 Å². The van der Waals surface area contributed by atoms with Crippen molar-refractivity contribution in [2.45, 2.75) is 38.0 Å². The van der Waals surface area contributed by atoms with Crippen LogP contribution >= 0.6 is 12.4 Å². The molecule has 1 saturated heterocycles. The Morgan fingerprint density at radius 2 is 1.71 bits per heavy atom. The van der Waals surface area contributed by atoms with E-state index < -0.39 is 0 Å². The first-order valence-electron chi connectivity index (χ1n) is 6.51. The molecular weight excluding hydrogens is 230 g/mol. The Balaban J connectivity index is 0.00000144. The van der Waals surface area contributed by atoms with Gasteiger partial charge >= 0.3 is 0 Å². The number of nitrogens with zero attached hydrogens (tertiary/aromatic N) is 1. The van der Waals surface area contributed by atoms with Crippen molar-refractivity contribution in [3.8, 4) is 0 Å². The second-order valence-corrected chi connectivity index (χ2v) is 5.20. The highest BCUT2D eigenvalue weighted by Gasteiger charge is 2.34. The summed E-state index contributed by atoms with van der Waals surface area (Å²) in [6, 6.07) is 11.1. The van der Waals surface area contributed by atoms with Gasteiger partial charge in [-0.05, 0) is 50.4 Å². The predicted octanol–water partition coefficient (Wildman–Crippen LogP) is 3.87. The van der Waals surface area contributed by atoms with E-state index in [4.69, 9.17) is 0 Å². The summed E-state index contributed by atoms with van der Waals surface area (Å²) in [4.78, 5) is 2.46. The average Bonchev–Trinajstić information content (AvgIpc) is 2.34. The van der Waals surface area contributed by atoms with Crippen molar-refractivity contribution in [2.75, 3.05) is 20.1 Å². The van der Waals surface area contributed by atoms with Gasteiger partial charge in [-0.1, -0.05) is 43.7 Å². The Bertz CT molecular complexity index is 315. The standard InChI is InChI=1S/C15H23N.ClH/c1-3-9-15(10-12-16(2)13-11-15)14-7-5-4-6-8-14;/h4-8H,3,9-13H2,1-2H3;1H. The van der Waals surface area contributed by atoms with Crippen LogP contribution in [0.4, 0.5) is 0 Å². The summed E-state index contributed by atoms with van der Waals surface area (Å²) in [5.74, 6) is 0.